The second kappa shape index (κ2) is 3.79. The van der Waals surface area contributed by atoms with Gasteiger partial charge in [-0.15, -0.1) is 0 Å². The van der Waals surface area contributed by atoms with Crippen molar-refractivity contribution >= 4 is 0 Å². The Bertz CT molecular complexity index is 426. The number of halogens is 10. The summed E-state index contributed by atoms with van der Waals surface area (Å²) in [4.78, 5) is 0. The fraction of sp³-hybridized carbons (Fsp3) is 0.429. The fourth-order valence-electron chi connectivity index (χ4n) is 1.06. The highest BCUT2D eigenvalue weighted by atomic mass is 19.4. The Kier molecular flexibility index (Phi) is 3.08. The van der Waals surface area contributed by atoms with Crippen LogP contribution >= 0.6 is 0 Å². The van der Waals surface area contributed by atoms with Crippen LogP contribution in [0.2, 0.25) is 0 Å². The van der Waals surface area contributed by atoms with Crippen molar-refractivity contribution in [2.45, 2.75) is 18.2 Å². The van der Waals surface area contributed by atoms with E-state index in [0.717, 1.165) is 0 Å². The topological polar surface area (TPSA) is 9.23 Å². The van der Waals surface area contributed by atoms with Crippen molar-refractivity contribution in [2.75, 3.05) is 0 Å². The zero-order valence-electron chi connectivity index (χ0n) is 7.69. The summed E-state index contributed by atoms with van der Waals surface area (Å²) in [6.45, 7) is 0. The predicted molar refractivity (Wildman–Crippen MR) is 34.4 cm³/mol. The Hall–Kier alpha value is -1.42. The molecule has 1 unspecified atom stereocenters. The summed E-state index contributed by atoms with van der Waals surface area (Å²) < 4.78 is 126. The first-order valence-corrected chi connectivity index (χ1v) is 3.80. The highest BCUT2D eigenvalue weighted by Crippen LogP contribution is 2.53. The predicted octanol–water partition coefficient (Wildman–Crippen LogP) is 4.14. The van der Waals surface area contributed by atoms with E-state index in [1.165, 1.54) is 0 Å². The van der Waals surface area contributed by atoms with Crippen LogP contribution in [0.5, 0.6) is 0 Å². The minimum Gasteiger partial charge on any atom is -0.419 e. The molecule has 0 saturated heterocycles. The van der Waals surface area contributed by atoms with Gasteiger partial charge in [0.1, 0.15) is 0 Å². The molecule has 1 rings (SSSR count). The van der Waals surface area contributed by atoms with Crippen LogP contribution in [0.15, 0.2) is 23.2 Å². The lowest BCUT2D eigenvalue weighted by Gasteiger charge is -2.32. The van der Waals surface area contributed by atoms with E-state index < -0.39 is 41.4 Å². The van der Waals surface area contributed by atoms with E-state index in [0.29, 0.717) is 0 Å². The summed E-state index contributed by atoms with van der Waals surface area (Å²) in [6.07, 6.45) is -12.7. The lowest BCUT2D eigenvalue weighted by Crippen LogP contribution is -2.50. The fourth-order valence-corrected chi connectivity index (χ4v) is 1.06. The first-order valence-electron chi connectivity index (χ1n) is 3.80. The van der Waals surface area contributed by atoms with Crippen molar-refractivity contribution in [3.8, 4) is 0 Å². The van der Waals surface area contributed by atoms with Crippen LogP contribution in [-0.2, 0) is 4.74 Å². The van der Waals surface area contributed by atoms with Gasteiger partial charge in [-0.3, -0.25) is 0 Å². The summed E-state index contributed by atoms with van der Waals surface area (Å²) >= 11 is 0. The molecule has 0 aromatic rings. The van der Waals surface area contributed by atoms with E-state index in [1.807, 2.05) is 0 Å². The summed E-state index contributed by atoms with van der Waals surface area (Å²) in [5.74, 6) is -12.2. The monoisotopic (exact) mass is 290 g/mol. The van der Waals surface area contributed by atoms with Crippen LogP contribution in [0.1, 0.15) is 0 Å². The van der Waals surface area contributed by atoms with E-state index in [-0.39, 0.29) is 0 Å². The summed E-state index contributed by atoms with van der Waals surface area (Å²) in [7, 11) is 0. The molecule has 1 atom stereocenters. The number of alkyl halides is 7. The molecule has 1 heterocycles. The van der Waals surface area contributed by atoms with Gasteiger partial charge in [-0.25, -0.2) is 4.39 Å². The van der Waals surface area contributed by atoms with Gasteiger partial charge < -0.3 is 4.74 Å². The van der Waals surface area contributed by atoms with Gasteiger partial charge in [0.2, 0.25) is 5.83 Å². The molecule has 0 aliphatic carbocycles. The lowest BCUT2D eigenvalue weighted by molar-refractivity contribution is -0.325. The molecule has 0 radical (unpaired) electrons. The molecule has 0 fully saturated rings. The number of allylic oxidation sites excluding steroid dienone is 2. The lowest BCUT2D eigenvalue weighted by atomic mass is 10.0. The number of rotatable bonds is 0. The number of hydrogen-bond donors (Lipinski definition) is 0. The Morgan fingerprint density at radius 2 is 1.28 bits per heavy atom. The molecule has 0 spiro atoms. The maximum atomic E-state index is 13.1. The molecule has 0 aromatic carbocycles. The first-order chi connectivity index (χ1) is 7.82. The molecule has 18 heavy (non-hydrogen) atoms. The van der Waals surface area contributed by atoms with E-state index in [9.17, 15) is 43.9 Å². The average Bonchev–Trinajstić information content (AvgIpc) is 2.10. The van der Waals surface area contributed by atoms with Gasteiger partial charge in [0.15, 0.2) is 11.4 Å². The highest BCUT2D eigenvalue weighted by Gasteiger charge is 2.71. The Labute approximate surface area is 91.3 Å². The number of hydrogen-bond acceptors (Lipinski definition) is 1. The van der Waals surface area contributed by atoms with Crippen molar-refractivity contribution in [3.05, 3.63) is 23.2 Å². The summed E-state index contributed by atoms with van der Waals surface area (Å²) in [5.41, 5.74) is -3.64. The Balaban J connectivity index is 3.60. The van der Waals surface area contributed by atoms with Gasteiger partial charge >= 0.3 is 24.2 Å². The third-order valence-corrected chi connectivity index (χ3v) is 1.78. The molecule has 11 heteroatoms. The molecule has 1 nitrogen and oxygen atoms in total. The third-order valence-electron chi connectivity index (χ3n) is 1.78. The smallest absolute Gasteiger partial charge is 0.419 e. The molecule has 0 amide bonds. The van der Waals surface area contributed by atoms with Crippen molar-refractivity contribution in [1.82, 2.24) is 0 Å². The van der Waals surface area contributed by atoms with Gasteiger partial charge in [-0.1, -0.05) is 0 Å². The molecule has 1 aliphatic rings. The second-order valence-electron chi connectivity index (χ2n) is 2.97. The molecule has 104 valence electrons. The Morgan fingerprint density at radius 3 is 1.61 bits per heavy atom. The quantitative estimate of drug-likeness (QED) is 0.609. The van der Waals surface area contributed by atoms with E-state index >= 15 is 0 Å². The maximum Gasteiger partial charge on any atom is 0.465 e. The molecule has 0 N–H and O–H groups in total. The Morgan fingerprint density at radius 1 is 0.833 bits per heavy atom. The van der Waals surface area contributed by atoms with Crippen molar-refractivity contribution < 1.29 is 48.6 Å². The zero-order chi connectivity index (χ0) is 14.5. The molecular formula is C7F10O. The van der Waals surface area contributed by atoms with Crippen LogP contribution in [0.3, 0.4) is 0 Å². The largest absolute Gasteiger partial charge is 0.465 e. The zero-order valence-corrected chi connectivity index (χ0v) is 7.69. The summed E-state index contributed by atoms with van der Waals surface area (Å²) in [5, 5.41) is 0. The van der Waals surface area contributed by atoms with Gasteiger partial charge in [0.25, 0.3) is 0 Å². The van der Waals surface area contributed by atoms with E-state index in [4.69, 9.17) is 0 Å². The minimum atomic E-state index is -6.47. The van der Waals surface area contributed by atoms with Crippen molar-refractivity contribution in [2.24, 2.45) is 0 Å². The molecule has 0 bridgehead atoms. The van der Waals surface area contributed by atoms with Gasteiger partial charge in [-0.2, -0.15) is 39.5 Å². The number of ether oxygens (including phenoxy) is 1. The van der Waals surface area contributed by atoms with Crippen molar-refractivity contribution in [3.63, 3.8) is 0 Å². The summed E-state index contributed by atoms with van der Waals surface area (Å²) in [6, 6.07) is -3.07. The molecule has 0 aromatic heterocycles. The van der Waals surface area contributed by atoms with Gasteiger partial charge in [0.05, 0.1) is 0 Å². The molecule has 0 saturated carbocycles. The first kappa shape index (κ1) is 14.6. The SMILES string of the molecule is FC1=C(F)C(F)=C(C(F)(F)F)C(F)(C(F)(F)F)O1. The second-order valence-corrected chi connectivity index (χ2v) is 2.97. The third kappa shape index (κ3) is 2.01. The van der Waals surface area contributed by atoms with Crippen LogP contribution < -0.4 is 0 Å². The van der Waals surface area contributed by atoms with E-state index in [2.05, 4.69) is 4.74 Å². The maximum absolute atomic E-state index is 13.1. The van der Waals surface area contributed by atoms with Crippen LogP contribution in [0.4, 0.5) is 43.9 Å². The van der Waals surface area contributed by atoms with Crippen molar-refractivity contribution in [1.29, 1.82) is 0 Å². The standard InChI is InChI=1S/C7F10O/c8-1-2(9)4(10)18-5(11,7(15,16)17)3(1)6(12,13)14. The minimum absolute atomic E-state index is 2.59. The van der Waals surface area contributed by atoms with Crippen LogP contribution in [-0.4, -0.2) is 18.2 Å². The highest BCUT2D eigenvalue weighted by molar-refractivity contribution is 5.38. The van der Waals surface area contributed by atoms with Gasteiger partial charge in [-0.05, 0) is 0 Å². The molecular weight excluding hydrogens is 290 g/mol. The van der Waals surface area contributed by atoms with E-state index in [1.54, 1.807) is 0 Å². The molecule has 1 aliphatic heterocycles. The van der Waals surface area contributed by atoms with Crippen LogP contribution in [0.25, 0.3) is 0 Å². The normalized spacial score (nSPS) is 26.6. The van der Waals surface area contributed by atoms with Crippen LogP contribution in [0, 0.1) is 0 Å². The average molecular weight is 290 g/mol. The van der Waals surface area contributed by atoms with Gasteiger partial charge in [0, 0.05) is 0 Å².